The maximum absolute atomic E-state index is 12.8. The molecule has 3 aromatic rings. The maximum atomic E-state index is 12.8. The number of hydrogen-bond donors (Lipinski definition) is 1. The molecule has 1 aromatic carbocycles. The fourth-order valence-electron chi connectivity index (χ4n) is 3.23. The van der Waals surface area contributed by atoms with Gasteiger partial charge in [-0.1, -0.05) is 24.3 Å². The molecule has 1 aliphatic rings. The van der Waals surface area contributed by atoms with Crippen molar-refractivity contribution in [2.75, 3.05) is 5.84 Å². The summed E-state index contributed by atoms with van der Waals surface area (Å²) in [6, 6.07) is 7.88. The van der Waals surface area contributed by atoms with Crippen molar-refractivity contribution in [1.29, 1.82) is 0 Å². The Bertz CT molecular complexity index is 939. The Labute approximate surface area is 132 Å². The first-order valence-corrected chi connectivity index (χ1v) is 8.37. The summed E-state index contributed by atoms with van der Waals surface area (Å²) in [5.74, 6) is 6.64. The minimum absolute atomic E-state index is 0.123. The van der Waals surface area contributed by atoms with E-state index in [0.717, 1.165) is 40.6 Å². The van der Waals surface area contributed by atoms with Gasteiger partial charge in [0.15, 0.2) is 5.82 Å². The van der Waals surface area contributed by atoms with Crippen LogP contribution in [-0.2, 0) is 12.8 Å². The molecule has 112 valence electrons. The van der Waals surface area contributed by atoms with E-state index < -0.39 is 0 Å². The highest BCUT2D eigenvalue weighted by molar-refractivity contribution is 7.18. The van der Waals surface area contributed by atoms with Crippen LogP contribution in [0.1, 0.15) is 28.8 Å². The van der Waals surface area contributed by atoms with E-state index in [-0.39, 0.29) is 5.56 Å². The van der Waals surface area contributed by atoms with E-state index in [2.05, 4.69) is 0 Å². The Morgan fingerprint density at radius 2 is 2.00 bits per heavy atom. The van der Waals surface area contributed by atoms with Gasteiger partial charge >= 0.3 is 0 Å². The molecule has 4 rings (SSSR count). The van der Waals surface area contributed by atoms with E-state index in [9.17, 15) is 4.79 Å². The average Bonchev–Trinajstić information content (AvgIpc) is 2.90. The van der Waals surface area contributed by atoms with Gasteiger partial charge < -0.3 is 5.84 Å². The molecule has 0 unspecified atom stereocenters. The lowest BCUT2D eigenvalue weighted by atomic mass is 9.97. The van der Waals surface area contributed by atoms with Crippen LogP contribution in [0.15, 0.2) is 29.1 Å². The minimum Gasteiger partial charge on any atom is -0.334 e. The molecule has 1 aliphatic carbocycles. The Morgan fingerprint density at radius 3 is 2.82 bits per heavy atom. The van der Waals surface area contributed by atoms with Crippen molar-refractivity contribution < 1.29 is 0 Å². The summed E-state index contributed by atoms with van der Waals surface area (Å²) in [5.41, 5.74) is 3.03. The molecule has 5 heteroatoms. The number of rotatable bonds is 1. The minimum atomic E-state index is -0.123. The van der Waals surface area contributed by atoms with Crippen molar-refractivity contribution in [3.05, 3.63) is 50.6 Å². The first-order chi connectivity index (χ1) is 10.7. The Balaban J connectivity index is 2.05. The van der Waals surface area contributed by atoms with Gasteiger partial charge in [0.2, 0.25) is 0 Å². The van der Waals surface area contributed by atoms with Gasteiger partial charge in [-0.05, 0) is 43.7 Å². The normalized spacial score (nSPS) is 14.2. The first-order valence-electron chi connectivity index (χ1n) is 7.55. The highest BCUT2D eigenvalue weighted by atomic mass is 32.1. The predicted molar refractivity (Wildman–Crippen MR) is 90.8 cm³/mol. The van der Waals surface area contributed by atoms with Gasteiger partial charge in [-0.2, -0.15) is 0 Å². The zero-order valence-corrected chi connectivity index (χ0v) is 13.2. The third-order valence-electron chi connectivity index (χ3n) is 4.41. The molecule has 0 fully saturated rings. The second kappa shape index (κ2) is 4.95. The van der Waals surface area contributed by atoms with Crippen LogP contribution in [0, 0.1) is 6.92 Å². The largest absolute Gasteiger partial charge is 0.334 e. The maximum Gasteiger partial charge on any atom is 0.281 e. The van der Waals surface area contributed by atoms with Gasteiger partial charge in [0.25, 0.3) is 5.56 Å². The van der Waals surface area contributed by atoms with Crippen LogP contribution in [-0.4, -0.2) is 9.66 Å². The summed E-state index contributed by atoms with van der Waals surface area (Å²) >= 11 is 1.66. The Hall–Kier alpha value is -2.14. The van der Waals surface area contributed by atoms with Crippen LogP contribution in [0.2, 0.25) is 0 Å². The predicted octanol–water partition coefficient (Wildman–Crippen LogP) is 3.03. The lowest BCUT2D eigenvalue weighted by Crippen LogP contribution is -2.30. The molecule has 4 nitrogen and oxygen atoms in total. The van der Waals surface area contributed by atoms with Crippen LogP contribution < -0.4 is 11.4 Å². The lowest BCUT2D eigenvalue weighted by Gasteiger charge is -2.11. The van der Waals surface area contributed by atoms with E-state index in [1.807, 2.05) is 31.2 Å². The Kier molecular flexibility index (Phi) is 3.04. The van der Waals surface area contributed by atoms with E-state index >= 15 is 0 Å². The highest BCUT2D eigenvalue weighted by Crippen LogP contribution is 2.34. The molecule has 0 bridgehead atoms. The van der Waals surface area contributed by atoms with Gasteiger partial charge in [-0.25, -0.2) is 9.66 Å². The van der Waals surface area contributed by atoms with Gasteiger partial charge in [0.1, 0.15) is 4.83 Å². The number of aryl methyl sites for hydroxylation is 3. The number of fused-ring (bicyclic) bond motifs is 3. The topological polar surface area (TPSA) is 60.9 Å². The summed E-state index contributed by atoms with van der Waals surface area (Å²) in [7, 11) is 0. The summed E-state index contributed by atoms with van der Waals surface area (Å²) in [5, 5.41) is 0.736. The number of thiophene rings is 1. The van der Waals surface area contributed by atoms with Crippen molar-refractivity contribution in [3.8, 4) is 11.4 Å². The summed E-state index contributed by atoms with van der Waals surface area (Å²) in [4.78, 5) is 19.6. The molecular formula is C17H17N3OS. The van der Waals surface area contributed by atoms with Gasteiger partial charge in [0, 0.05) is 10.4 Å². The number of nitrogens with two attached hydrogens (primary N) is 1. The summed E-state index contributed by atoms with van der Waals surface area (Å²) in [6.45, 7) is 2.01. The molecule has 2 N–H and O–H groups in total. The fourth-order valence-corrected chi connectivity index (χ4v) is 4.48. The van der Waals surface area contributed by atoms with Crippen LogP contribution in [0.25, 0.3) is 21.6 Å². The second-order valence-electron chi connectivity index (χ2n) is 5.82. The van der Waals surface area contributed by atoms with E-state index in [1.165, 1.54) is 21.5 Å². The molecule has 0 saturated carbocycles. The van der Waals surface area contributed by atoms with Crippen molar-refractivity contribution in [3.63, 3.8) is 0 Å². The molecule has 2 heterocycles. The molecule has 0 aliphatic heterocycles. The quantitative estimate of drug-likeness (QED) is 0.703. The van der Waals surface area contributed by atoms with Gasteiger partial charge in [0.05, 0.1) is 5.39 Å². The number of aromatic nitrogens is 2. The van der Waals surface area contributed by atoms with Crippen molar-refractivity contribution in [2.24, 2.45) is 0 Å². The lowest BCUT2D eigenvalue weighted by molar-refractivity contribution is 0.699. The molecule has 0 radical (unpaired) electrons. The SMILES string of the molecule is Cc1ccccc1-c1nc2sc3c(c2c(=O)n1N)CCCC3. The number of nitrogens with zero attached hydrogens (tertiary/aromatic N) is 2. The third-order valence-corrected chi connectivity index (χ3v) is 5.59. The number of benzene rings is 1. The zero-order chi connectivity index (χ0) is 15.3. The first kappa shape index (κ1) is 13.5. The Morgan fingerprint density at radius 1 is 1.23 bits per heavy atom. The van der Waals surface area contributed by atoms with Crippen molar-refractivity contribution >= 4 is 21.6 Å². The molecule has 0 spiro atoms. The number of hydrogen-bond acceptors (Lipinski definition) is 4. The van der Waals surface area contributed by atoms with Crippen molar-refractivity contribution in [2.45, 2.75) is 32.6 Å². The molecule has 0 amide bonds. The smallest absolute Gasteiger partial charge is 0.281 e. The van der Waals surface area contributed by atoms with Crippen LogP contribution >= 0.6 is 11.3 Å². The zero-order valence-electron chi connectivity index (χ0n) is 12.4. The van der Waals surface area contributed by atoms with E-state index in [1.54, 1.807) is 11.3 Å². The molecular weight excluding hydrogens is 294 g/mol. The van der Waals surface area contributed by atoms with E-state index in [4.69, 9.17) is 10.8 Å². The van der Waals surface area contributed by atoms with E-state index in [0.29, 0.717) is 5.82 Å². The molecule has 0 saturated heterocycles. The van der Waals surface area contributed by atoms with Gasteiger partial charge in [-0.15, -0.1) is 11.3 Å². The summed E-state index contributed by atoms with van der Waals surface area (Å²) < 4.78 is 1.21. The van der Waals surface area contributed by atoms with Crippen molar-refractivity contribution in [1.82, 2.24) is 9.66 Å². The number of nitrogen functional groups attached to an aromatic ring is 1. The van der Waals surface area contributed by atoms with Crippen LogP contribution in [0.5, 0.6) is 0 Å². The van der Waals surface area contributed by atoms with Gasteiger partial charge in [-0.3, -0.25) is 4.79 Å². The molecule has 22 heavy (non-hydrogen) atoms. The van der Waals surface area contributed by atoms with Crippen LogP contribution in [0.4, 0.5) is 0 Å². The van der Waals surface area contributed by atoms with Crippen LogP contribution in [0.3, 0.4) is 0 Å². The monoisotopic (exact) mass is 311 g/mol. The summed E-state index contributed by atoms with van der Waals surface area (Å²) in [6.07, 6.45) is 4.36. The average molecular weight is 311 g/mol. The standard InChI is InChI=1S/C17H17N3OS/c1-10-6-2-3-7-11(10)15-19-16-14(17(21)20(15)18)12-8-4-5-9-13(12)22-16/h2-3,6-7H,4-5,8-9,18H2,1H3. The second-order valence-corrected chi connectivity index (χ2v) is 6.90. The highest BCUT2D eigenvalue weighted by Gasteiger charge is 2.22. The third kappa shape index (κ3) is 1.89. The molecule has 2 aromatic heterocycles. The fraction of sp³-hybridized carbons (Fsp3) is 0.294. The molecule has 0 atom stereocenters.